The van der Waals surface area contributed by atoms with Crippen molar-refractivity contribution in [1.82, 2.24) is 19.7 Å². The van der Waals surface area contributed by atoms with E-state index >= 15 is 0 Å². The Balaban J connectivity index is 1.51. The summed E-state index contributed by atoms with van der Waals surface area (Å²) in [4.78, 5) is 34.1. The Morgan fingerprint density at radius 2 is 2.03 bits per heavy atom. The van der Waals surface area contributed by atoms with E-state index in [-0.39, 0.29) is 29.1 Å². The third-order valence-electron chi connectivity index (χ3n) is 6.46. The number of hydrogen-bond acceptors (Lipinski definition) is 7. The quantitative estimate of drug-likeness (QED) is 0.453. The van der Waals surface area contributed by atoms with Crippen LogP contribution in [0.15, 0.2) is 41.1 Å². The number of aromatic nitrogens is 3. The number of amides is 2. The van der Waals surface area contributed by atoms with Crippen LogP contribution in [0, 0.1) is 11.3 Å². The molecule has 13 heteroatoms. The first-order valence-electron chi connectivity index (χ1n) is 11.9. The average Bonchev–Trinajstić information content (AvgIpc) is 3.51. The van der Waals surface area contributed by atoms with E-state index in [1.807, 2.05) is 32.8 Å². The molecule has 1 unspecified atom stereocenters. The molecule has 1 aromatic carbocycles. The highest BCUT2D eigenvalue weighted by Gasteiger charge is 2.48. The Morgan fingerprint density at radius 3 is 2.71 bits per heavy atom. The van der Waals surface area contributed by atoms with E-state index in [1.165, 1.54) is 16.8 Å². The molecule has 204 valence electrons. The molecule has 3 heterocycles. The summed E-state index contributed by atoms with van der Waals surface area (Å²) in [6, 6.07) is 6.09. The maximum Gasteiger partial charge on any atom is 0.405 e. The Bertz CT molecular complexity index is 1330. The van der Waals surface area contributed by atoms with E-state index in [9.17, 15) is 22.8 Å². The lowest BCUT2D eigenvalue weighted by Crippen LogP contribution is -2.34. The average molecular weight is 534 g/mol. The number of halogens is 3. The van der Waals surface area contributed by atoms with Gasteiger partial charge in [0.2, 0.25) is 11.8 Å². The van der Waals surface area contributed by atoms with Crippen LogP contribution in [-0.2, 0) is 11.8 Å². The van der Waals surface area contributed by atoms with Crippen LogP contribution in [0.1, 0.15) is 24.3 Å². The summed E-state index contributed by atoms with van der Waals surface area (Å²) in [5.74, 6) is -0.194. The van der Waals surface area contributed by atoms with Gasteiger partial charge in [0.05, 0.1) is 6.20 Å². The number of rotatable bonds is 8. The molecule has 1 fully saturated rings. The molecule has 0 spiro atoms. The highest BCUT2D eigenvalue weighted by Crippen LogP contribution is 2.41. The molecule has 0 saturated carbocycles. The van der Waals surface area contributed by atoms with Gasteiger partial charge in [-0.25, -0.2) is 4.98 Å². The fourth-order valence-corrected chi connectivity index (χ4v) is 4.39. The summed E-state index contributed by atoms with van der Waals surface area (Å²) in [6.45, 7) is 3.81. The summed E-state index contributed by atoms with van der Waals surface area (Å²) in [7, 11) is 5.60. The van der Waals surface area contributed by atoms with Gasteiger partial charge in [0, 0.05) is 42.7 Å². The molecule has 3 aromatic rings. The van der Waals surface area contributed by atoms with Crippen molar-refractivity contribution in [2.45, 2.75) is 20.0 Å². The van der Waals surface area contributed by atoms with Crippen molar-refractivity contribution in [3.05, 3.63) is 42.4 Å². The van der Waals surface area contributed by atoms with Crippen molar-refractivity contribution < 1.29 is 27.2 Å². The minimum absolute atomic E-state index is 0.0398. The number of alkyl halides is 3. The smallest absolute Gasteiger partial charge is 0.405 e. The largest absolute Gasteiger partial charge is 0.444 e. The molecule has 0 aliphatic carbocycles. The summed E-state index contributed by atoms with van der Waals surface area (Å²) >= 11 is 0. The van der Waals surface area contributed by atoms with Crippen LogP contribution in [0.3, 0.4) is 0 Å². The van der Waals surface area contributed by atoms with Gasteiger partial charge in [0.25, 0.3) is 5.91 Å². The number of carbonyl (C=O) groups is 2. The van der Waals surface area contributed by atoms with Gasteiger partial charge >= 0.3 is 6.18 Å². The predicted octanol–water partition coefficient (Wildman–Crippen LogP) is 3.85. The molecular formula is C25H30F3N7O3. The van der Waals surface area contributed by atoms with Crippen LogP contribution in [0.2, 0.25) is 0 Å². The molecule has 38 heavy (non-hydrogen) atoms. The van der Waals surface area contributed by atoms with E-state index in [4.69, 9.17) is 4.42 Å². The maximum absolute atomic E-state index is 13.3. The zero-order chi connectivity index (χ0) is 27.8. The Kier molecular flexibility index (Phi) is 7.24. The van der Waals surface area contributed by atoms with Gasteiger partial charge in [-0.2, -0.15) is 18.3 Å². The molecule has 1 aliphatic rings. The lowest BCUT2D eigenvalue weighted by Gasteiger charge is -2.25. The molecule has 4 rings (SSSR count). The van der Waals surface area contributed by atoms with Crippen molar-refractivity contribution in [3.8, 4) is 11.5 Å². The fraction of sp³-hybridized carbons (Fsp3) is 0.440. The first kappa shape index (κ1) is 27.2. The summed E-state index contributed by atoms with van der Waals surface area (Å²) in [5.41, 5.74) is 0.329. The van der Waals surface area contributed by atoms with E-state index in [1.54, 1.807) is 30.3 Å². The topological polar surface area (TPSA) is 109 Å². The second-order valence-corrected chi connectivity index (χ2v) is 10.2. The maximum atomic E-state index is 13.3. The van der Waals surface area contributed by atoms with E-state index < -0.39 is 24.0 Å². The summed E-state index contributed by atoms with van der Waals surface area (Å²) < 4.78 is 44.5. The zero-order valence-corrected chi connectivity index (χ0v) is 21.8. The van der Waals surface area contributed by atoms with Gasteiger partial charge < -0.3 is 20.0 Å². The Hall–Kier alpha value is -3.87. The number of anilines is 3. The minimum Gasteiger partial charge on any atom is -0.444 e. The highest BCUT2D eigenvalue weighted by atomic mass is 19.4. The van der Waals surface area contributed by atoms with Gasteiger partial charge in [-0.05, 0) is 32.3 Å². The lowest BCUT2D eigenvalue weighted by molar-refractivity contribution is -0.125. The summed E-state index contributed by atoms with van der Waals surface area (Å²) in [5, 5.41) is 9.48. The molecule has 1 saturated heterocycles. The summed E-state index contributed by atoms with van der Waals surface area (Å²) in [6.07, 6.45) is -1.60. The first-order chi connectivity index (χ1) is 17.7. The molecule has 1 atom stereocenters. The zero-order valence-electron chi connectivity index (χ0n) is 21.8. The Labute approximate surface area is 217 Å². The molecule has 0 bridgehead atoms. The molecule has 0 radical (unpaired) electrons. The minimum atomic E-state index is -4.36. The predicted molar refractivity (Wildman–Crippen MR) is 136 cm³/mol. The monoisotopic (exact) mass is 533 g/mol. The highest BCUT2D eigenvalue weighted by molar-refractivity contribution is 6.07. The standard InChI is InChI=1S/C25H30F3N7O3/c1-24(2)16(10-33(3)4)11-35(23(24)37)20-18(12-34(5)32-20)30-21(36)19-13-38-22(31-19)15-7-6-8-17(9-15)29-14-25(26,27)28/h6-9,12-13,16,29H,10-11,14H2,1-5H3,(H,30,36). The number of oxazole rings is 1. The Morgan fingerprint density at radius 1 is 1.29 bits per heavy atom. The number of carbonyl (C=O) groups excluding carboxylic acids is 2. The van der Waals surface area contributed by atoms with Crippen molar-refractivity contribution in [3.63, 3.8) is 0 Å². The van der Waals surface area contributed by atoms with Gasteiger partial charge in [0.1, 0.15) is 18.5 Å². The number of aryl methyl sites for hydroxylation is 1. The number of hydrogen-bond donors (Lipinski definition) is 2. The molecule has 10 nitrogen and oxygen atoms in total. The van der Waals surface area contributed by atoms with Crippen molar-refractivity contribution >= 4 is 29.0 Å². The molecule has 2 amide bonds. The van der Waals surface area contributed by atoms with Gasteiger partial charge in [-0.1, -0.05) is 19.9 Å². The second-order valence-electron chi connectivity index (χ2n) is 10.2. The SMILES string of the molecule is CN(C)CC1CN(c2nn(C)cc2NC(=O)c2coc(-c3cccc(NCC(F)(F)F)c3)n2)C(=O)C1(C)C. The van der Waals surface area contributed by atoms with Crippen LogP contribution >= 0.6 is 0 Å². The van der Waals surface area contributed by atoms with Crippen LogP contribution in [-0.4, -0.2) is 71.4 Å². The van der Waals surface area contributed by atoms with Crippen LogP contribution in [0.5, 0.6) is 0 Å². The third kappa shape index (κ3) is 5.82. The van der Waals surface area contributed by atoms with E-state index in [0.717, 1.165) is 12.8 Å². The molecular weight excluding hydrogens is 503 g/mol. The van der Waals surface area contributed by atoms with Crippen LogP contribution in [0.4, 0.5) is 30.4 Å². The molecule has 2 aromatic heterocycles. The van der Waals surface area contributed by atoms with Gasteiger partial charge in [-0.3, -0.25) is 19.2 Å². The molecule has 1 aliphatic heterocycles. The van der Waals surface area contributed by atoms with Gasteiger partial charge in [-0.15, -0.1) is 0 Å². The number of nitrogens with one attached hydrogen (secondary N) is 2. The van der Waals surface area contributed by atoms with Crippen molar-refractivity contribution in [2.24, 2.45) is 18.4 Å². The van der Waals surface area contributed by atoms with Crippen LogP contribution in [0.25, 0.3) is 11.5 Å². The van der Waals surface area contributed by atoms with E-state index in [2.05, 4.69) is 20.7 Å². The van der Waals surface area contributed by atoms with Crippen LogP contribution < -0.4 is 15.5 Å². The normalized spacial score (nSPS) is 17.3. The van der Waals surface area contributed by atoms with Crippen molar-refractivity contribution in [2.75, 3.05) is 49.3 Å². The fourth-order valence-electron chi connectivity index (χ4n) is 4.39. The number of nitrogens with zero attached hydrogens (tertiary/aromatic N) is 5. The number of benzene rings is 1. The van der Waals surface area contributed by atoms with Crippen molar-refractivity contribution in [1.29, 1.82) is 0 Å². The third-order valence-corrected chi connectivity index (χ3v) is 6.46. The van der Waals surface area contributed by atoms with E-state index in [0.29, 0.717) is 23.6 Å². The lowest BCUT2D eigenvalue weighted by atomic mass is 9.81. The molecule has 2 N–H and O–H groups in total. The first-order valence-corrected chi connectivity index (χ1v) is 11.9. The van der Waals surface area contributed by atoms with Gasteiger partial charge in [0.15, 0.2) is 11.5 Å². The second kappa shape index (κ2) is 10.1.